The molecule has 1 N–H and O–H groups in total. The maximum Gasteiger partial charge on any atom is 0.251 e. The van der Waals surface area contributed by atoms with Crippen LogP contribution in [0.3, 0.4) is 0 Å². The fourth-order valence-electron chi connectivity index (χ4n) is 4.63. The zero-order valence-electron chi connectivity index (χ0n) is 17.4. The van der Waals surface area contributed by atoms with Crippen LogP contribution in [-0.4, -0.2) is 36.5 Å². The summed E-state index contributed by atoms with van der Waals surface area (Å²) in [6, 6.07) is 14.9. The van der Waals surface area contributed by atoms with E-state index in [0.717, 1.165) is 54.9 Å². The average molecular weight is 389 g/mol. The van der Waals surface area contributed by atoms with Crippen molar-refractivity contribution in [3.05, 3.63) is 64.2 Å². The van der Waals surface area contributed by atoms with Crippen LogP contribution in [0.1, 0.15) is 52.9 Å². The monoisotopic (exact) mass is 388 g/mol. The fourth-order valence-corrected chi connectivity index (χ4v) is 4.63. The van der Waals surface area contributed by atoms with Crippen LogP contribution in [0.5, 0.6) is 0 Å². The SMILES string of the molecule is CCc1cc(N2C[C@H](NC(=O)c3ccc4c(c3)CN(C)C4)C[C@@H]2C)ccc1C#N. The second-order valence-corrected chi connectivity index (χ2v) is 8.37. The Labute approximate surface area is 172 Å². The number of amides is 1. The van der Waals surface area contributed by atoms with E-state index >= 15 is 0 Å². The van der Waals surface area contributed by atoms with Crippen LogP contribution in [-0.2, 0) is 19.5 Å². The van der Waals surface area contributed by atoms with Crippen LogP contribution in [0, 0.1) is 11.3 Å². The van der Waals surface area contributed by atoms with Gasteiger partial charge in [0.1, 0.15) is 0 Å². The van der Waals surface area contributed by atoms with Gasteiger partial charge in [0.05, 0.1) is 11.6 Å². The Morgan fingerprint density at radius 2 is 2.00 bits per heavy atom. The Hall–Kier alpha value is -2.84. The van der Waals surface area contributed by atoms with Crippen molar-refractivity contribution in [1.82, 2.24) is 10.2 Å². The highest BCUT2D eigenvalue weighted by atomic mass is 16.1. The second kappa shape index (κ2) is 7.88. The predicted molar refractivity (Wildman–Crippen MR) is 115 cm³/mol. The molecular formula is C24H28N4O. The molecule has 2 aliphatic heterocycles. The first-order valence-electron chi connectivity index (χ1n) is 10.4. The maximum atomic E-state index is 12.8. The Morgan fingerprint density at radius 3 is 2.76 bits per heavy atom. The van der Waals surface area contributed by atoms with Crippen LogP contribution in [0.25, 0.3) is 0 Å². The molecule has 5 nitrogen and oxygen atoms in total. The van der Waals surface area contributed by atoms with Crippen LogP contribution in [0.2, 0.25) is 0 Å². The number of hydrogen-bond donors (Lipinski definition) is 1. The molecule has 1 saturated heterocycles. The van der Waals surface area contributed by atoms with E-state index in [-0.39, 0.29) is 11.9 Å². The molecule has 5 heteroatoms. The van der Waals surface area contributed by atoms with Gasteiger partial charge in [0.2, 0.25) is 0 Å². The topological polar surface area (TPSA) is 59.4 Å². The van der Waals surface area contributed by atoms with E-state index in [9.17, 15) is 10.1 Å². The molecule has 0 spiro atoms. The molecule has 0 unspecified atom stereocenters. The summed E-state index contributed by atoms with van der Waals surface area (Å²) < 4.78 is 0. The smallest absolute Gasteiger partial charge is 0.251 e. The first kappa shape index (κ1) is 19.5. The van der Waals surface area contributed by atoms with Crippen molar-refractivity contribution in [2.75, 3.05) is 18.5 Å². The highest BCUT2D eigenvalue weighted by molar-refractivity contribution is 5.94. The number of carbonyl (C=O) groups excluding carboxylic acids is 1. The molecule has 150 valence electrons. The number of aryl methyl sites for hydroxylation is 1. The van der Waals surface area contributed by atoms with Crippen molar-refractivity contribution in [3.63, 3.8) is 0 Å². The molecule has 1 amide bonds. The summed E-state index contributed by atoms with van der Waals surface area (Å²) in [5, 5.41) is 12.5. The van der Waals surface area contributed by atoms with Crippen LogP contribution < -0.4 is 10.2 Å². The Bertz CT molecular complexity index is 977. The normalized spacial score (nSPS) is 21.1. The number of hydrogen-bond acceptors (Lipinski definition) is 4. The molecule has 0 aliphatic carbocycles. The molecule has 2 heterocycles. The summed E-state index contributed by atoms with van der Waals surface area (Å²) in [6.45, 7) is 6.92. The van der Waals surface area contributed by atoms with Crippen molar-refractivity contribution in [3.8, 4) is 6.07 Å². The molecule has 4 rings (SSSR count). The molecule has 2 aromatic carbocycles. The van der Waals surface area contributed by atoms with Gasteiger partial charge in [-0.25, -0.2) is 0 Å². The highest BCUT2D eigenvalue weighted by Gasteiger charge is 2.31. The minimum atomic E-state index is 0.00970. The fraction of sp³-hybridized carbons (Fsp3) is 0.417. The Kier molecular flexibility index (Phi) is 5.29. The third kappa shape index (κ3) is 3.86. The van der Waals surface area contributed by atoms with E-state index in [1.54, 1.807) is 0 Å². The number of benzene rings is 2. The Balaban J connectivity index is 1.45. The van der Waals surface area contributed by atoms with Gasteiger partial charge in [-0.15, -0.1) is 0 Å². The van der Waals surface area contributed by atoms with E-state index < -0.39 is 0 Å². The van der Waals surface area contributed by atoms with Crippen molar-refractivity contribution in [2.24, 2.45) is 0 Å². The quantitative estimate of drug-likeness (QED) is 0.871. The van der Waals surface area contributed by atoms with Gasteiger partial charge in [0.15, 0.2) is 0 Å². The van der Waals surface area contributed by atoms with Crippen LogP contribution in [0.15, 0.2) is 36.4 Å². The van der Waals surface area contributed by atoms with Gasteiger partial charge in [0, 0.05) is 43.0 Å². The van der Waals surface area contributed by atoms with Crippen molar-refractivity contribution in [1.29, 1.82) is 5.26 Å². The summed E-state index contributed by atoms with van der Waals surface area (Å²) in [4.78, 5) is 17.4. The number of nitrogens with zero attached hydrogens (tertiary/aromatic N) is 3. The van der Waals surface area contributed by atoms with Gasteiger partial charge in [-0.2, -0.15) is 5.26 Å². The molecule has 0 bridgehead atoms. The van der Waals surface area contributed by atoms with Gasteiger partial charge in [-0.3, -0.25) is 9.69 Å². The number of carbonyl (C=O) groups is 1. The standard InChI is InChI=1S/C24H28N4O/c1-4-17-11-23(8-7-19(17)12-25)28-15-22(9-16(28)2)26-24(29)18-5-6-20-13-27(3)14-21(20)10-18/h5-8,10-11,16,22H,4,9,13-15H2,1-3H3,(H,26,29)/t16-,22+/m0/s1. The van der Waals surface area contributed by atoms with E-state index in [4.69, 9.17) is 0 Å². The van der Waals surface area contributed by atoms with Crippen molar-refractivity contribution >= 4 is 11.6 Å². The molecule has 0 aromatic heterocycles. The van der Waals surface area contributed by atoms with Gasteiger partial charge in [-0.05, 0) is 73.8 Å². The van der Waals surface area contributed by atoms with E-state index in [1.807, 2.05) is 24.3 Å². The molecule has 2 aliphatic rings. The lowest BCUT2D eigenvalue weighted by atomic mass is 10.0. The number of nitrogens with one attached hydrogen (secondary N) is 1. The number of rotatable bonds is 4. The predicted octanol–water partition coefficient (Wildman–Crippen LogP) is 3.46. The third-order valence-electron chi connectivity index (χ3n) is 6.18. The zero-order chi connectivity index (χ0) is 20.5. The lowest BCUT2D eigenvalue weighted by Crippen LogP contribution is -2.37. The molecule has 2 atom stereocenters. The lowest BCUT2D eigenvalue weighted by Gasteiger charge is -2.24. The lowest BCUT2D eigenvalue weighted by molar-refractivity contribution is 0.0940. The summed E-state index contributed by atoms with van der Waals surface area (Å²) in [5.74, 6) is 0.00970. The average Bonchev–Trinajstić information content (AvgIpc) is 3.27. The van der Waals surface area contributed by atoms with Crippen molar-refractivity contribution < 1.29 is 4.79 Å². The van der Waals surface area contributed by atoms with Crippen molar-refractivity contribution in [2.45, 2.75) is 51.9 Å². The summed E-state index contributed by atoms with van der Waals surface area (Å²) >= 11 is 0. The molecule has 0 radical (unpaired) electrons. The van der Waals surface area contributed by atoms with E-state index in [1.165, 1.54) is 11.1 Å². The Morgan fingerprint density at radius 1 is 1.21 bits per heavy atom. The number of anilines is 1. The molecule has 1 fully saturated rings. The maximum absolute atomic E-state index is 12.8. The number of nitriles is 1. The first-order chi connectivity index (χ1) is 14.0. The minimum absolute atomic E-state index is 0.00970. The third-order valence-corrected chi connectivity index (χ3v) is 6.18. The van der Waals surface area contributed by atoms with E-state index in [0.29, 0.717) is 6.04 Å². The van der Waals surface area contributed by atoms with Crippen LogP contribution in [0.4, 0.5) is 5.69 Å². The summed E-state index contributed by atoms with van der Waals surface area (Å²) in [5.41, 5.74) is 6.27. The number of fused-ring (bicyclic) bond motifs is 1. The van der Waals surface area contributed by atoms with Gasteiger partial charge < -0.3 is 10.2 Å². The molecule has 29 heavy (non-hydrogen) atoms. The molecule has 2 aromatic rings. The van der Waals surface area contributed by atoms with E-state index in [2.05, 4.69) is 54.2 Å². The summed E-state index contributed by atoms with van der Waals surface area (Å²) in [6.07, 6.45) is 1.76. The van der Waals surface area contributed by atoms with Crippen LogP contribution >= 0.6 is 0 Å². The zero-order valence-corrected chi connectivity index (χ0v) is 17.4. The van der Waals surface area contributed by atoms with Gasteiger partial charge >= 0.3 is 0 Å². The minimum Gasteiger partial charge on any atom is -0.367 e. The summed E-state index contributed by atoms with van der Waals surface area (Å²) in [7, 11) is 2.10. The molecular weight excluding hydrogens is 360 g/mol. The van der Waals surface area contributed by atoms with Gasteiger partial charge in [-0.1, -0.05) is 13.0 Å². The highest BCUT2D eigenvalue weighted by Crippen LogP contribution is 2.28. The second-order valence-electron chi connectivity index (χ2n) is 8.37. The van der Waals surface area contributed by atoms with Gasteiger partial charge in [0.25, 0.3) is 5.91 Å². The largest absolute Gasteiger partial charge is 0.367 e. The first-order valence-corrected chi connectivity index (χ1v) is 10.4. The molecule has 0 saturated carbocycles.